The monoisotopic (exact) mass is 280 g/mol. The third-order valence-corrected chi connectivity index (χ3v) is 3.01. The highest BCUT2D eigenvalue weighted by molar-refractivity contribution is 6.01. The standard InChI is InChI=1S/C16H12N2O3/c19-15-9-12-5-2-1-4-11(12)8-14(15)16(20)18-17-10-13-6-3-7-21-13/h1-10,19H,(H,18,20). The van der Waals surface area contributed by atoms with E-state index in [9.17, 15) is 9.90 Å². The molecule has 0 aliphatic carbocycles. The molecule has 0 bridgehead atoms. The first-order valence-corrected chi connectivity index (χ1v) is 6.33. The molecule has 5 heteroatoms. The molecule has 0 fully saturated rings. The molecule has 5 nitrogen and oxygen atoms in total. The maximum absolute atomic E-state index is 12.0. The number of hydrogen-bond acceptors (Lipinski definition) is 4. The summed E-state index contributed by atoms with van der Waals surface area (Å²) in [6.07, 6.45) is 2.90. The highest BCUT2D eigenvalue weighted by Gasteiger charge is 2.11. The van der Waals surface area contributed by atoms with Gasteiger partial charge < -0.3 is 9.52 Å². The average Bonchev–Trinajstić information content (AvgIpc) is 2.99. The molecule has 0 spiro atoms. The van der Waals surface area contributed by atoms with Crippen LogP contribution in [0.25, 0.3) is 10.8 Å². The first-order valence-electron chi connectivity index (χ1n) is 6.33. The number of benzene rings is 2. The van der Waals surface area contributed by atoms with Crippen LogP contribution in [0.2, 0.25) is 0 Å². The molecule has 3 rings (SSSR count). The Kier molecular flexibility index (Phi) is 3.39. The Balaban J connectivity index is 1.82. The molecule has 0 aliphatic rings. The van der Waals surface area contributed by atoms with Gasteiger partial charge in [-0.15, -0.1) is 0 Å². The summed E-state index contributed by atoms with van der Waals surface area (Å²) in [5, 5.41) is 15.5. The summed E-state index contributed by atoms with van der Waals surface area (Å²) in [7, 11) is 0. The predicted octanol–water partition coefficient (Wildman–Crippen LogP) is 2.90. The third kappa shape index (κ3) is 2.76. The normalized spacial score (nSPS) is 11.0. The number of fused-ring (bicyclic) bond motifs is 1. The van der Waals surface area contributed by atoms with Gasteiger partial charge in [0.15, 0.2) is 0 Å². The highest BCUT2D eigenvalue weighted by Crippen LogP contribution is 2.24. The molecule has 1 amide bonds. The van der Waals surface area contributed by atoms with Crippen molar-refractivity contribution < 1.29 is 14.3 Å². The number of carbonyl (C=O) groups excluding carboxylic acids is 1. The van der Waals surface area contributed by atoms with Crippen molar-refractivity contribution in [3.63, 3.8) is 0 Å². The maximum Gasteiger partial charge on any atom is 0.275 e. The number of nitrogens with zero attached hydrogens (tertiary/aromatic N) is 1. The fourth-order valence-corrected chi connectivity index (χ4v) is 1.99. The number of amides is 1. The van der Waals surface area contributed by atoms with Gasteiger partial charge in [0.2, 0.25) is 0 Å². The van der Waals surface area contributed by atoms with E-state index >= 15 is 0 Å². The summed E-state index contributed by atoms with van der Waals surface area (Å²) in [5.74, 6) is -0.0431. The van der Waals surface area contributed by atoms with E-state index in [4.69, 9.17) is 4.42 Å². The first kappa shape index (κ1) is 12.9. The SMILES string of the molecule is O=C(NN=Cc1ccco1)c1cc2ccccc2cc1O. The van der Waals surface area contributed by atoms with Gasteiger partial charge in [-0.3, -0.25) is 4.79 Å². The minimum absolute atomic E-state index is 0.0839. The molecule has 2 aromatic carbocycles. The molecule has 2 N–H and O–H groups in total. The van der Waals surface area contributed by atoms with Crippen molar-refractivity contribution in [2.45, 2.75) is 0 Å². The van der Waals surface area contributed by atoms with Crippen LogP contribution in [0, 0.1) is 0 Å². The Bertz CT molecular complexity index is 808. The summed E-state index contributed by atoms with van der Waals surface area (Å²) in [6.45, 7) is 0. The smallest absolute Gasteiger partial charge is 0.275 e. The second-order valence-electron chi connectivity index (χ2n) is 4.43. The molecule has 1 aromatic heterocycles. The Morgan fingerprint density at radius 3 is 2.62 bits per heavy atom. The quantitative estimate of drug-likeness (QED) is 0.572. The Morgan fingerprint density at radius 1 is 1.14 bits per heavy atom. The van der Waals surface area contributed by atoms with Gasteiger partial charge in [0.05, 0.1) is 18.0 Å². The van der Waals surface area contributed by atoms with Crippen LogP contribution >= 0.6 is 0 Å². The molecular weight excluding hydrogens is 268 g/mol. The van der Waals surface area contributed by atoms with E-state index in [1.807, 2.05) is 24.3 Å². The largest absolute Gasteiger partial charge is 0.507 e. The highest BCUT2D eigenvalue weighted by atomic mass is 16.3. The number of phenolic OH excluding ortho intramolecular Hbond substituents is 1. The first-order chi connectivity index (χ1) is 10.2. The second-order valence-corrected chi connectivity index (χ2v) is 4.43. The van der Waals surface area contributed by atoms with Crippen LogP contribution in [0.1, 0.15) is 16.1 Å². The summed E-state index contributed by atoms with van der Waals surface area (Å²) >= 11 is 0. The number of rotatable bonds is 3. The molecule has 0 radical (unpaired) electrons. The van der Waals surface area contributed by atoms with E-state index in [1.165, 1.54) is 12.5 Å². The molecule has 104 valence electrons. The van der Waals surface area contributed by atoms with Gasteiger partial charge in [-0.2, -0.15) is 5.10 Å². The third-order valence-electron chi connectivity index (χ3n) is 3.01. The summed E-state index contributed by atoms with van der Waals surface area (Å²) < 4.78 is 5.05. The van der Waals surface area contributed by atoms with Gasteiger partial charge >= 0.3 is 0 Å². The summed E-state index contributed by atoms with van der Waals surface area (Å²) in [4.78, 5) is 12.0. The number of hydrazone groups is 1. The molecule has 0 saturated heterocycles. The van der Waals surface area contributed by atoms with Gasteiger partial charge in [-0.1, -0.05) is 24.3 Å². The zero-order valence-electron chi connectivity index (χ0n) is 11.0. The van der Waals surface area contributed by atoms with E-state index in [2.05, 4.69) is 10.5 Å². The fourth-order valence-electron chi connectivity index (χ4n) is 1.99. The van der Waals surface area contributed by atoms with Crippen molar-refractivity contribution in [2.75, 3.05) is 0 Å². The van der Waals surface area contributed by atoms with Crippen molar-refractivity contribution in [1.82, 2.24) is 5.43 Å². The average molecular weight is 280 g/mol. The van der Waals surface area contributed by atoms with Gasteiger partial charge in [0.25, 0.3) is 5.91 Å². The minimum Gasteiger partial charge on any atom is -0.507 e. The molecule has 21 heavy (non-hydrogen) atoms. The van der Waals surface area contributed by atoms with Crippen LogP contribution in [0.3, 0.4) is 0 Å². The summed E-state index contributed by atoms with van der Waals surface area (Å²) in [6, 6.07) is 14.1. The molecule has 0 saturated carbocycles. The van der Waals surface area contributed by atoms with Gasteiger partial charge in [0.1, 0.15) is 11.5 Å². The van der Waals surface area contributed by atoms with Crippen molar-refractivity contribution in [3.05, 3.63) is 66.1 Å². The Morgan fingerprint density at radius 2 is 1.90 bits per heavy atom. The van der Waals surface area contributed by atoms with Crippen molar-refractivity contribution >= 4 is 22.9 Å². The van der Waals surface area contributed by atoms with Crippen LogP contribution in [0.5, 0.6) is 5.75 Å². The zero-order chi connectivity index (χ0) is 14.7. The molecule has 0 aliphatic heterocycles. The Labute approximate surface area is 120 Å². The lowest BCUT2D eigenvalue weighted by molar-refractivity contribution is 0.0952. The molecule has 0 atom stereocenters. The topological polar surface area (TPSA) is 74.8 Å². The van der Waals surface area contributed by atoms with Gasteiger partial charge in [0, 0.05) is 0 Å². The van der Waals surface area contributed by atoms with E-state index in [-0.39, 0.29) is 11.3 Å². The number of aromatic hydroxyl groups is 1. The van der Waals surface area contributed by atoms with E-state index in [0.717, 1.165) is 10.8 Å². The maximum atomic E-state index is 12.0. The molecular formula is C16H12N2O3. The van der Waals surface area contributed by atoms with Crippen LogP contribution in [0.4, 0.5) is 0 Å². The minimum atomic E-state index is -0.485. The number of hydrogen-bond donors (Lipinski definition) is 2. The lowest BCUT2D eigenvalue weighted by atomic mass is 10.1. The lowest BCUT2D eigenvalue weighted by Gasteiger charge is -2.05. The van der Waals surface area contributed by atoms with Crippen molar-refractivity contribution in [3.8, 4) is 5.75 Å². The number of furan rings is 1. The van der Waals surface area contributed by atoms with Gasteiger partial charge in [-0.05, 0) is 35.0 Å². The van der Waals surface area contributed by atoms with E-state index < -0.39 is 5.91 Å². The van der Waals surface area contributed by atoms with Crippen LogP contribution in [-0.4, -0.2) is 17.2 Å². The second kappa shape index (κ2) is 5.50. The Hall–Kier alpha value is -3.08. The van der Waals surface area contributed by atoms with Gasteiger partial charge in [-0.25, -0.2) is 5.43 Å². The van der Waals surface area contributed by atoms with Crippen molar-refractivity contribution in [1.29, 1.82) is 0 Å². The molecule has 1 heterocycles. The van der Waals surface area contributed by atoms with Crippen LogP contribution in [0.15, 0.2) is 64.3 Å². The number of phenols is 1. The molecule has 3 aromatic rings. The lowest BCUT2D eigenvalue weighted by Crippen LogP contribution is -2.17. The summed E-state index contributed by atoms with van der Waals surface area (Å²) in [5.41, 5.74) is 2.52. The predicted molar refractivity (Wildman–Crippen MR) is 79.4 cm³/mol. The number of carbonyl (C=O) groups is 1. The van der Waals surface area contributed by atoms with Crippen molar-refractivity contribution in [2.24, 2.45) is 5.10 Å². The van der Waals surface area contributed by atoms with Crippen LogP contribution in [-0.2, 0) is 0 Å². The van der Waals surface area contributed by atoms with E-state index in [1.54, 1.807) is 24.3 Å². The van der Waals surface area contributed by atoms with Crippen LogP contribution < -0.4 is 5.43 Å². The fraction of sp³-hybridized carbons (Fsp3) is 0. The zero-order valence-corrected chi connectivity index (χ0v) is 11.0. The number of nitrogens with one attached hydrogen (secondary N) is 1. The molecule has 0 unspecified atom stereocenters. The van der Waals surface area contributed by atoms with E-state index in [0.29, 0.717) is 5.76 Å².